The largest absolute Gasteiger partial charge is 0.465 e. The molecule has 1 fully saturated rings. The van der Waals surface area contributed by atoms with Crippen LogP contribution in [0.25, 0.3) is 0 Å². The Balaban J connectivity index is 2.11. The van der Waals surface area contributed by atoms with E-state index in [-0.39, 0.29) is 11.9 Å². The maximum atomic E-state index is 12.2. The number of nitrogens with one attached hydrogen (secondary N) is 2. The van der Waals surface area contributed by atoms with Crippen molar-refractivity contribution < 1.29 is 14.3 Å². The molecular weight excluding hydrogens is 276 g/mol. The Morgan fingerprint density at radius 1 is 1.45 bits per heavy atom. The molecule has 0 radical (unpaired) electrons. The van der Waals surface area contributed by atoms with Crippen molar-refractivity contribution in [2.75, 3.05) is 30.5 Å². The molecule has 1 atom stereocenters. The van der Waals surface area contributed by atoms with Gasteiger partial charge in [-0.15, -0.1) is 0 Å². The number of thioether (sulfide) groups is 1. The number of esters is 1. The maximum Gasteiger partial charge on any atom is 0.337 e. The van der Waals surface area contributed by atoms with Crippen molar-refractivity contribution in [2.24, 2.45) is 0 Å². The van der Waals surface area contributed by atoms with Crippen molar-refractivity contribution in [3.05, 3.63) is 29.3 Å². The highest BCUT2D eigenvalue weighted by atomic mass is 32.2. The zero-order valence-corrected chi connectivity index (χ0v) is 12.4. The molecule has 0 spiro atoms. The van der Waals surface area contributed by atoms with Crippen LogP contribution < -0.4 is 10.6 Å². The van der Waals surface area contributed by atoms with E-state index in [2.05, 4.69) is 15.4 Å². The molecule has 1 heterocycles. The van der Waals surface area contributed by atoms with Crippen molar-refractivity contribution >= 4 is 29.3 Å². The molecule has 0 saturated carbocycles. The minimum absolute atomic E-state index is 0.0673. The number of hydrogen-bond acceptors (Lipinski definition) is 5. The Labute approximate surface area is 122 Å². The first-order chi connectivity index (χ1) is 9.61. The van der Waals surface area contributed by atoms with Gasteiger partial charge in [-0.05, 0) is 24.6 Å². The molecule has 6 heteroatoms. The Bertz CT molecular complexity index is 513. The van der Waals surface area contributed by atoms with Gasteiger partial charge in [0.05, 0.1) is 18.7 Å². The number of rotatable bonds is 3. The smallest absolute Gasteiger partial charge is 0.337 e. The first kappa shape index (κ1) is 14.9. The summed E-state index contributed by atoms with van der Waals surface area (Å²) in [5.74, 6) is 1.32. The third-order valence-electron chi connectivity index (χ3n) is 3.15. The van der Waals surface area contributed by atoms with E-state index in [9.17, 15) is 9.59 Å². The van der Waals surface area contributed by atoms with Crippen LogP contribution in [0.15, 0.2) is 18.2 Å². The fourth-order valence-electron chi connectivity index (χ4n) is 1.96. The first-order valence-corrected chi connectivity index (χ1v) is 7.58. The van der Waals surface area contributed by atoms with Gasteiger partial charge in [-0.2, -0.15) is 11.8 Å². The standard InChI is InChI=1S/C14H18N2O3S/c1-9-3-4-10(14(18)19-2)7-11(9)16-13(17)12-8-20-6-5-15-12/h3-4,7,12,15H,5-6,8H2,1-2H3,(H,16,17). The number of carbonyl (C=O) groups is 2. The van der Waals surface area contributed by atoms with Crippen molar-refractivity contribution in [3.63, 3.8) is 0 Å². The van der Waals surface area contributed by atoms with Gasteiger partial charge in [-0.3, -0.25) is 4.79 Å². The predicted molar refractivity (Wildman–Crippen MR) is 80.3 cm³/mol. The third kappa shape index (κ3) is 3.52. The highest BCUT2D eigenvalue weighted by Crippen LogP contribution is 2.18. The Hall–Kier alpha value is -1.53. The molecular formula is C14H18N2O3S. The van der Waals surface area contributed by atoms with Crippen LogP contribution in [0.3, 0.4) is 0 Å². The first-order valence-electron chi connectivity index (χ1n) is 6.43. The van der Waals surface area contributed by atoms with E-state index >= 15 is 0 Å². The van der Waals surface area contributed by atoms with Gasteiger partial charge in [0.2, 0.25) is 5.91 Å². The van der Waals surface area contributed by atoms with E-state index in [1.165, 1.54) is 7.11 Å². The molecule has 1 aromatic rings. The number of ether oxygens (including phenoxy) is 1. The van der Waals surface area contributed by atoms with Gasteiger partial charge in [-0.25, -0.2) is 4.79 Å². The number of hydrogen-bond donors (Lipinski definition) is 2. The van der Waals surface area contributed by atoms with E-state index in [0.717, 1.165) is 23.6 Å². The SMILES string of the molecule is COC(=O)c1ccc(C)c(NC(=O)C2CSCCN2)c1. The summed E-state index contributed by atoms with van der Waals surface area (Å²) in [6, 6.07) is 4.95. The summed E-state index contributed by atoms with van der Waals surface area (Å²) in [7, 11) is 1.34. The minimum Gasteiger partial charge on any atom is -0.465 e. The van der Waals surface area contributed by atoms with Crippen LogP contribution in [-0.4, -0.2) is 43.1 Å². The van der Waals surface area contributed by atoms with Crippen LogP contribution in [0.5, 0.6) is 0 Å². The molecule has 108 valence electrons. The van der Waals surface area contributed by atoms with Crippen LogP contribution in [-0.2, 0) is 9.53 Å². The van der Waals surface area contributed by atoms with E-state index in [1.54, 1.807) is 30.0 Å². The normalized spacial score (nSPS) is 18.4. The average molecular weight is 294 g/mol. The third-order valence-corrected chi connectivity index (χ3v) is 4.22. The summed E-state index contributed by atoms with van der Waals surface area (Å²) < 4.78 is 4.69. The van der Waals surface area contributed by atoms with Crippen molar-refractivity contribution in [1.29, 1.82) is 0 Å². The highest BCUT2D eigenvalue weighted by Gasteiger charge is 2.21. The monoisotopic (exact) mass is 294 g/mol. The summed E-state index contributed by atoms with van der Waals surface area (Å²) >= 11 is 1.76. The molecule has 2 rings (SSSR count). The molecule has 1 aliphatic heterocycles. The summed E-state index contributed by atoms with van der Waals surface area (Å²) in [4.78, 5) is 23.7. The summed E-state index contributed by atoms with van der Waals surface area (Å²) in [6.07, 6.45) is 0. The quantitative estimate of drug-likeness (QED) is 0.825. The van der Waals surface area contributed by atoms with E-state index < -0.39 is 5.97 Å². The number of amides is 1. The van der Waals surface area contributed by atoms with Gasteiger partial charge in [0.25, 0.3) is 0 Å². The fraction of sp³-hybridized carbons (Fsp3) is 0.429. The van der Waals surface area contributed by atoms with Gasteiger partial charge in [-0.1, -0.05) is 6.07 Å². The lowest BCUT2D eigenvalue weighted by Crippen LogP contribution is -2.46. The lowest BCUT2D eigenvalue weighted by molar-refractivity contribution is -0.117. The second-order valence-corrected chi connectivity index (χ2v) is 5.74. The molecule has 1 aromatic carbocycles. The van der Waals surface area contributed by atoms with Crippen LogP contribution in [0.2, 0.25) is 0 Å². The molecule has 0 aromatic heterocycles. The van der Waals surface area contributed by atoms with Crippen LogP contribution in [0.1, 0.15) is 15.9 Å². The van der Waals surface area contributed by atoms with Crippen molar-refractivity contribution in [1.82, 2.24) is 5.32 Å². The minimum atomic E-state index is -0.410. The van der Waals surface area contributed by atoms with Crippen molar-refractivity contribution in [3.8, 4) is 0 Å². The summed E-state index contributed by atoms with van der Waals surface area (Å²) in [5, 5.41) is 6.06. The molecule has 1 aliphatic rings. The van der Waals surface area contributed by atoms with Crippen LogP contribution >= 0.6 is 11.8 Å². The molecule has 1 amide bonds. The number of aryl methyl sites for hydroxylation is 1. The number of benzene rings is 1. The van der Waals surface area contributed by atoms with Gasteiger partial charge in [0.15, 0.2) is 0 Å². The van der Waals surface area contributed by atoms with E-state index in [0.29, 0.717) is 11.3 Å². The molecule has 1 unspecified atom stereocenters. The molecule has 1 saturated heterocycles. The summed E-state index contributed by atoms with van der Waals surface area (Å²) in [5.41, 5.74) is 1.99. The Kier molecular flexibility index (Phi) is 5.03. The number of carbonyl (C=O) groups excluding carboxylic acids is 2. The summed E-state index contributed by atoms with van der Waals surface area (Å²) in [6.45, 7) is 2.73. The van der Waals surface area contributed by atoms with Gasteiger partial charge in [0.1, 0.15) is 0 Å². The van der Waals surface area contributed by atoms with Gasteiger partial charge >= 0.3 is 5.97 Å². The molecule has 2 N–H and O–H groups in total. The topological polar surface area (TPSA) is 67.4 Å². The average Bonchev–Trinajstić information content (AvgIpc) is 2.49. The number of anilines is 1. The van der Waals surface area contributed by atoms with Gasteiger partial charge < -0.3 is 15.4 Å². The molecule has 0 aliphatic carbocycles. The maximum absolute atomic E-state index is 12.2. The zero-order chi connectivity index (χ0) is 14.5. The molecule has 5 nitrogen and oxygen atoms in total. The van der Waals surface area contributed by atoms with Crippen LogP contribution in [0, 0.1) is 6.92 Å². The predicted octanol–water partition coefficient (Wildman–Crippen LogP) is 1.43. The van der Waals surface area contributed by atoms with Gasteiger partial charge in [0, 0.05) is 23.7 Å². The second kappa shape index (κ2) is 6.76. The molecule has 20 heavy (non-hydrogen) atoms. The fourth-order valence-corrected chi connectivity index (χ4v) is 2.89. The van der Waals surface area contributed by atoms with Crippen molar-refractivity contribution in [2.45, 2.75) is 13.0 Å². The zero-order valence-electron chi connectivity index (χ0n) is 11.6. The van der Waals surface area contributed by atoms with E-state index in [4.69, 9.17) is 0 Å². The Morgan fingerprint density at radius 2 is 2.25 bits per heavy atom. The lowest BCUT2D eigenvalue weighted by atomic mass is 10.1. The Morgan fingerprint density at radius 3 is 2.90 bits per heavy atom. The number of methoxy groups -OCH3 is 1. The molecule has 0 bridgehead atoms. The highest BCUT2D eigenvalue weighted by molar-refractivity contribution is 7.99. The lowest BCUT2D eigenvalue weighted by Gasteiger charge is -2.22. The second-order valence-electron chi connectivity index (χ2n) is 4.59. The van der Waals surface area contributed by atoms with E-state index in [1.807, 2.05) is 6.92 Å². The van der Waals surface area contributed by atoms with Crippen LogP contribution in [0.4, 0.5) is 5.69 Å².